The first kappa shape index (κ1) is 30.3. The zero-order valence-electron chi connectivity index (χ0n) is 23.4. The van der Waals surface area contributed by atoms with E-state index in [2.05, 4.69) is 4.98 Å². The Morgan fingerprint density at radius 3 is 2.41 bits per heavy atom. The number of sulfonamides is 1. The van der Waals surface area contributed by atoms with Crippen molar-refractivity contribution in [3.05, 3.63) is 76.5 Å². The minimum Gasteiger partial charge on any atom is -0.481 e. The zero-order chi connectivity index (χ0) is 31.6. The van der Waals surface area contributed by atoms with Gasteiger partial charge in [0.25, 0.3) is 0 Å². The number of carboxylic acids is 1. The van der Waals surface area contributed by atoms with E-state index < -0.39 is 51.5 Å². The number of rotatable bonds is 8. The van der Waals surface area contributed by atoms with Crippen LogP contribution in [0.4, 0.5) is 27.6 Å². The average molecular weight is 638 g/mol. The minimum atomic E-state index is -4.97. The number of pyridine rings is 1. The smallest absolute Gasteiger partial charge is 0.417 e. The first-order valence-electron chi connectivity index (χ1n) is 13.9. The van der Waals surface area contributed by atoms with Gasteiger partial charge in [-0.2, -0.15) is 17.5 Å². The Morgan fingerprint density at radius 1 is 1.05 bits per heavy atom. The number of piperazine rings is 1. The van der Waals surface area contributed by atoms with Crippen LogP contribution in [-0.2, 0) is 34.0 Å². The van der Waals surface area contributed by atoms with E-state index in [1.165, 1.54) is 16.4 Å². The number of nitrogens with zero attached hydrogens (tertiary/aromatic N) is 3. The second kappa shape index (κ2) is 11.0. The Hall–Kier alpha value is -3.78. The third-order valence-electron chi connectivity index (χ3n) is 8.74. The molecule has 2 heterocycles. The Kier molecular flexibility index (Phi) is 7.55. The van der Waals surface area contributed by atoms with Crippen LogP contribution in [-0.4, -0.2) is 61.2 Å². The molecule has 1 saturated heterocycles. The summed E-state index contributed by atoms with van der Waals surface area (Å²) >= 11 is 0. The molecular formula is C30H28F5N3O5S. The fourth-order valence-corrected chi connectivity index (χ4v) is 7.32. The van der Waals surface area contributed by atoms with Gasteiger partial charge < -0.3 is 14.7 Å². The van der Waals surface area contributed by atoms with Crippen molar-refractivity contribution in [1.82, 2.24) is 9.29 Å². The third-order valence-corrected chi connectivity index (χ3v) is 10.0. The minimum absolute atomic E-state index is 0.0767. The van der Waals surface area contributed by atoms with Crippen LogP contribution in [0.1, 0.15) is 34.6 Å². The molecule has 2 aromatic carbocycles. The van der Waals surface area contributed by atoms with Gasteiger partial charge in [-0.05, 0) is 71.2 Å². The highest BCUT2D eigenvalue weighted by Crippen LogP contribution is 2.62. The fourth-order valence-electron chi connectivity index (χ4n) is 6.49. The lowest BCUT2D eigenvalue weighted by Gasteiger charge is -2.34. The molecule has 44 heavy (non-hydrogen) atoms. The highest BCUT2D eigenvalue weighted by Gasteiger charge is 2.56. The second-order valence-corrected chi connectivity index (χ2v) is 13.4. The lowest BCUT2D eigenvalue weighted by molar-refractivity contribution is -0.138. The van der Waals surface area contributed by atoms with Crippen molar-refractivity contribution in [2.75, 3.05) is 37.3 Å². The van der Waals surface area contributed by atoms with Gasteiger partial charge in [0.05, 0.1) is 11.8 Å². The Bertz CT molecular complexity index is 1740. The summed E-state index contributed by atoms with van der Waals surface area (Å²) in [6, 6.07) is 6.68. The molecule has 1 saturated carbocycles. The van der Waals surface area contributed by atoms with E-state index in [0.717, 1.165) is 29.5 Å². The van der Waals surface area contributed by atoms with Gasteiger partial charge >= 0.3 is 12.1 Å². The van der Waals surface area contributed by atoms with Crippen LogP contribution in [0.15, 0.2) is 42.6 Å². The highest BCUT2D eigenvalue weighted by molar-refractivity contribution is 7.88. The maximum Gasteiger partial charge on any atom is 0.417 e. The monoisotopic (exact) mass is 637 g/mol. The molecule has 3 unspecified atom stereocenters. The van der Waals surface area contributed by atoms with E-state index in [1.54, 1.807) is 17.2 Å². The van der Waals surface area contributed by atoms with Crippen LogP contribution in [0, 0.1) is 23.5 Å². The quantitative estimate of drug-likeness (QED) is 0.345. The van der Waals surface area contributed by atoms with Gasteiger partial charge in [0.15, 0.2) is 0 Å². The van der Waals surface area contributed by atoms with Gasteiger partial charge in [-0.1, -0.05) is 0 Å². The van der Waals surface area contributed by atoms with Crippen LogP contribution in [0.5, 0.6) is 5.88 Å². The SMILES string of the molecule is CS(=O)(=O)N1CCN(c2ccc(-c3cc(COc4cc5c(cn4)C4C(CC(=O)O)C4C5)c(F)cc3C(F)(F)F)c(F)c2)CC1. The van der Waals surface area contributed by atoms with Gasteiger partial charge in [-0.25, -0.2) is 22.2 Å². The van der Waals surface area contributed by atoms with E-state index >= 15 is 4.39 Å². The summed E-state index contributed by atoms with van der Waals surface area (Å²) in [4.78, 5) is 17.0. The first-order chi connectivity index (χ1) is 20.7. The summed E-state index contributed by atoms with van der Waals surface area (Å²) in [7, 11) is -3.38. The number of aromatic nitrogens is 1. The molecule has 0 bridgehead atoms. The van der Waals surface area contributed by atoms with Crippen LogP contribution < -0.4 is 9.64 Å². The van der Waals surface area contributed by atoms with Crippen molar-refractivity contribution in [2.45, 2.75) is 31.5 Å². The molecule has 3 aromatic rings. The molecule has 1 N–H and O–H groups in total. The number of ether oxygens (including phenoxy) is 1. The number of anilines is 1. The van der Waals surface area contributed by atoms with Crippen LogP contribution in [0.25, 0.3) is 11.1 Å². The molecule has 8 nitrogen and oxygen atoms in total. The third kappa shape index (κ3) is 5.84. The number of hydrogen-bond acceptors (Lipinski definition) is 6. The topological polar surface area (TPSA) is 100 Å². The summed E-state index contributed by atoms with van der Waals surface area (Å²) in [6.45, 7) is 0.472. The normalized spacial score (nSPS) is 21.6. The van der Waals surface area contributed by atoms with Gasteiger partial charge in [0.1, 0.15) is 18.2 Å². The van der Waals surface area contributed by atoms with E-state index in [9.17, 15) is 30.8 Å². The van der Waals surface area contributed by atoms with E-state index in [1.807, 2.05) is 0 Å². The molecule has 0 radical (unpaired) electrons. The maximum absolute atomic E-state index is 15.4. The molecule has 3 atom stereocenters. The highest BCUT2D eigenvalue weighted by atomic mass is 32.2. The number of fused-ring (bicyclic) bond motifs is 3. The zero-order valence-corrected chi connectivity index (χ0v) is 24.3. The summed E-state index contributed by atoms with van der Waals surface area (Å²) in [5.74, 6) is -2.38. The standard InChI is InChI=1S/C30H28F5N3O5S/c1-44(41,42)38-6-4-37(5-7-38)18-2-3-19(26(32)11-18)20-9-17(25(31)13-24(20)30(33,34)35)15-43-27-10-16-8-21-22(12-28(39)40)29(21)23(16)14-36-27/h2-3,9-11,13-14,21-22,29H,4-8,12,15H2,1H3,(H,39,40). The second-order valence-electron chi connectivity index (χ2n) is 11.5. The summed E-state index contributed by atoms with van der Waals surface area (Å²) < 4.78 is 103. The summed E-state index contributed by atoms with van der Waals surface area (Å²) in [6.07, 6.45) is -1.51. The first-order valence-corrected chi connectivity index (χ1v) is 15.8. The van der Waals surface area contributed by atoms with Crippen molar-refractivity contribution in [2.24, 2.45) is 11.8 Å². The van der Waals surface area contributed by atoms with E-state index in [-0.39, 0.29) is 67.4 Å². The molecule has 234 valence electrons. The molecule has 0 amide bonds. The van der Waals surface area contributed by atoms with Crippen molar-refractivity contribution in [3.8, 4) is 17.0 Å². The fraction of sp³-hybridized carbons (Fsp3) is 0.400. The Balaban J connectivity index is 1.22. The molecule has 14 heteroatoms. The van der Waals surface area contributed by atoms with Crippen LogP contribution in [0.3, 0.4) is 0 Å². The molecule has 6 rings (SSSR count). The lowest BCUT2D eigenvalue weighted by Crippen LogP contribution is -2.48. The van der Waals surface area contributed by atoms with Gasteiger partial charge in [-0.15, -0.1) is 0 Å². The number of alkyl halides is 3. The van der Waals surface area contributed by atoms with Crippen molar-refractivity contribution in [3.63, 3.8) is 0 Å². The van der Waals surface area contributed by atoms with E-state index in [0.29, 0.717) is 18.2 Å². The van der Waals surface area contributed by atoms with E-state index in [4.69, 9.17) is 9.84 Å². The van der Waals surface area contributed by atoms with Crippen LogP contribution >= 0.6 is 0 Å². The number of aliphatic carboxylic acids is 1. The predicted octanol–water partition coefficient (Wildman–Crippen LogP) is 5.07. The number of carbonyl (C=O) groups is 1. The van der Waals surface area contributed by atoms with Crippen molar-refractivity contribution in [1.29, 1.82) is 0 Å². The molecule has 2 fully saturated rings. The summed E-state index contributed by atoms with van der Waals surface area (Å²) in [5, 5.41) is 9.07. The maximum atomic E-state index is 15.4. The molecule has 1 aliphatic heterocycles. The number of carboxylic acid groups (broad SMARTS) is 1. The Labute approximate surface area is 250 Å². The largest absolute Gasteiger partial charge is 0.481 e. The molecular weight excluding hydrogens is 609 g/mol. The number of benzene rings is 2. The molecule has 2 aliphatic carbocycles. The summed E-state index contributed by atoms with van der Waals surface area (Å²) in [5.41, 5.74) is -0.197. The molecule has 1 aromatic heterocycles. The predicted molar refractivity (Wildman–Crippen MR) is 150 cm³/mol. The van der Waals surface area contributed by atoms with Gasteiger partial charge in [-0.3, -0.25) is 4.79 Å². The van der Waals surface area contributed by atoms with Gasteiger partial charge in [0.2, 0.25) is 15.9 Å². The van der Waals surface area contributed by atoms with Crippen molar-refractivity contribution < 1.29 is 45.0 Å². The number of halogens is 5. The van der Waals surface area contributed by atoms with Crippen molar-refractivity contribution >= 4 is 21.7 Å². The number of hydrogen-bond donors (Lipinski definition) is 1. The Morgan fingerprint density at radius 2 is 1.77 bits per heavy atom. The average Bonchev–Trinajstić information content (AvgIpc) is 3.45. The van der Waals surface area contributed by atoms with Crippen LogP contribution in [0.2, 0.25) is 0 Å². The molecule has 0 spiro atoms. The lowest BCUT2D eigenvalue weighted by atomic mass is 9.95. The van der Waals surface area contributed by atoms with Gasteiger partial charge in [0, 0.05) is 61.7 Å². The molecule has 3 aliphatic rings.